The predicted molar refractivity (Wildman–Crippen MR) is 115 cm³/mol. The number of carbonyl (C=O) groups excluding carboxylic acids is 1. The Labute approximate surface area is 192 Å². The van der Waals surface area contributed by atoms with Crippen LogP contribution in [0.3, 0.4) is 0 Å². The Morgan fingerprint density at radius 1 is 1.00 bits per heavy atom. The molecule has 0 bridgehead atoms. The van der Waals surface area contributed by atoms with Crippen LogP contribution in [0.4, 0.5) is 0 Å². The predicted octanol–water partition coefficient (Wildman–Crippen LogP) is 1.35. The molecule has 3 aromatic rings. The van der Waals surface area contributed by atoms with Crippen molar-refractivity contribution in [2.75, 3.05) is 0 Å². The molecule has 1 aromatic heterocycles. The number of ether oxygens (including phenoxy) is 3. The molecule has 1 saturated heterocycles. The maximum atomic E-state index is 13.3. The molecule has 1 aliphatic heterocycles. The quantitative estimate of drug-likeness (QED) is 0.345. The highest BCUT2D eigenvalue weighted by Gasteiger charge is 2.46. The van der Waals surface area contributed by atoms with Crippen molar-refractivity contribution in [1.29, 1.82) is 0 Å². The second-order valence-electron chi connectivity index (χ2n) is 7.86. The van der Waals surface area contributed by atoms with Crippen molar-refractivity contribution in [2.45, 2.75) is 44.6 Å². The second kappa shape index (κ2) is 8.86. The molecule has 5 atom stereocenters. The molecular formula is C23H22O11. The highest BCUT2D eigenvalue weighted by Crippen LogP contribution is 2.37. The topological polar surface area (TPSA) is 176 Å². The van der Waals surface area contributed by atoms with Crippen LogP contribution in [0, 0.1) is 0 Å². The molecule has 11 nitrogen and oxygen atoms in total. The summed E-state index contributed by atoms with van der Waals surface area (Å²) >= 11 is 0. The van der Waals surface area contributed by atoms with Gasteiger partial charge in [-0.25, -0.2) is 0 Å². The van der Waals surface area contributed by atoms with E-state index >= 15 is 0 Å². The maximum Gasteiger partial charge on any atom is 0.303 e. The van der Waals surface area contributed by atoms with Crippen molar-refractivity contribution in [1.82, 2.24) is 0 Å². The summed E-state index contributed by atoms with van der Waals surface area (Å²) in [6, 6.07) is 7.62. The summed E-state index contributed by atoms with van der Waals surface area (Å²) in [7, 11) is 0. The van der Waals surface area contributed by atoms with Gasteiger partial charge in [-0.3, -0.25) is 9.59 Å². The van der Waals surface area contributed by atoms with Gasteiger partial charge in [0.25, 0.3) is 0 Å². The number of phenolic OH excluding ortho intramolecular Hbond substituents is 3. The normalized spacial score (nSPS) is 24.6. The van der Waals surface area contributed by atoms with Gasteiger partial charge < -0.3 is 44.2 Å². The lowest BCUT2D eigenvalue weighted by atomic mass is 9.99. The van der Waals surface area contributed by atoms with E-state index in [4.69, 9.17) is 18.6 Å². The number of aliphatic hydroxyl groups is 2. The zero-order valence-corrected chi connectivity index (χ0v) is 18.0. The molecule has 180 valence electrons. The van der Waals surface area contributed by atoms with Crippen LogP contribution < -0.4 is 10.2 Å². The molecule has 1 fully saturated rings. The molecule has 0 spiro atoms. The van der Waals surface area contributed by atoms with E-state index in [9.17, 15) is 35.1 Å². The molecule has 2 unspecified atom stereocenters. The largest absolute Gasteiger partial charge is 0.508 e. The minimum atomic E-state index is -1.73. The van der Waals surface area contributed by atoms with E-state index in [1.807, 2.05) is 0 Å². The van der Waals surface area contributed by atoms with E-state index < -0.39 is 53.6 Å². The number of carbonyl (C=O) groups is 1. The summed E-state index contributed by atoms with van der Waals surface area (Å²) < 4.78 is 22.0. The van der Waals surface area contributed by atoms with Crippen LogP contribution in [0.5, 0.6) is 23.0 Å². The molecule has 0 saturated carbocycles. The smallest absolute Gasteiger partial charge is 0.303 e. The number of aromatic hydroxyl groups is 3. The molecule has 0 aliphatic carbocycles. The van der Waals surface area contributed by atoms with Crippen LogP contribution in [0.15, 0.2) is 45.6 Å². The minimum Gasteiger partial charge on any atom is -0.508 e. The molecule has 0 amide bonds. The van der Waals surface area contributed by atoms with Crippen molar-refractivity contribution < 1.29 is 49.0 Å². The lowest BCUT2D eigenvalue weighted by molar-refractivity contribution is -0.272. The van der Waals surface area contributed by atoms with Crippen LogP contribution in [-0.4, -0.2) is 62.2 Å². The van der Waals surface area contributed by atoms with Crippen LogP contribution in [0.25, 0.3) is 22.3 Å². The third kappa shape index (κ3) is 4.23. The van der Waals surface area contributed by atoms with E-state index in [1.54, 1.807) is 0 Å². The van der Waals surface area contributed by atoms with Crippen LogP contribution in [0.2, 0.25) is 0 Å². The highest BCUT2D eigenvalue weighted by atomic mass is 16.7. The third-order valence-corrected chi connectivity index (χ3v) is 5.36. The second-order valence-corrected chi connectivity index (χ2v) is 7.86. The molecule has 4 rings (SSSR count). The third-order valence-electron chi connectivity index (χ3n) is 5.36. The van der Waals surface area contributed by atoms with Gasteiger partial charge in [0, 0.05) is 24.6 Å². The Kier molecular flexibility index (Phi) is 6.09. The Bertz CT molecular complexity index is 1280. The first-order valence-corrected chi connectivity index (χ1v) is 10.2. The van der Waals surface area contributed by atoms with Gasteiger partial charge in [0.1, 0.15) is 40.4 Å². The molecule has 0 radical (unpaired) electrons. The Morgan fingerprint density at radius 3 is 2.32 bits per heavy atom. The number of aliphatic hydroxyl groups excluding tert-OH is 2. The zero-order valence-electron chi connectivity index (χ0n) is 18.0. The first kappa shape index (κ1) is 23.4. The fourth-order valence-electron chi connectivity index (χ4n) is 3.75. The van der Waals surface area contributed by atoms with Gasteiger partial charge in [0.15, 0.2) is 11.9 Å². The highest BCUT2D eigenvalue weighted by molar-refractivity contribution is 5.88. The van der Waals surface area contributed by atoms with Gasteiger partial charge in [-0.2, -0.15) is 0 Å². The Morgan fingerprint density at radius 2 is 1.68 bits per heavy atom. The van der Waals surface area contributed by atoms with Gasteiger partial charge in [0.05, 0.1) is 6.10 Å². The lowest BCUT2D eigenvalue weighted by Crippen LogP contribution is -2.59. The summed E-state index contributed by atoms with van der Waals surface area (Å²) in [5, 5.41) is 50.4. The lowest BCUT2D eigenvalue weighted by Gasteiger charge is -2.40. The van der Waals surface area contributed by atoms with Crippen LogP contribution in [0.1, 0.15) is 13.8 Å². The van der Waals surface area contributed by atoms with Crippen molar-refractivity contribution in [3.05, 3.63) is 46.6 Å². The molecular weight excluding hydrogens is 452 g/mol. The van der Waals surface area contributed by atoms with E-state index in [2.05, 4.69) is 0 Å². The van der Waals surface area contributed by atoms with E-state index in [0.29, 0.717) is 0 Å². The van der Waals surface area contributed by atoms with Crippen LogP contribution >= 0.6 is 0 Å². The molecule has 34 heavy (non-hydrogen) atoms. The number of phenols is 3. The first-order chi connectivity index (χ1) is 16.1. The van der Waals surface area contributed by atoms with E-state index in [0.717, 1.165) is 19.1 Å². The number of hydrogen-bond acceptors (Lipinski definition) is 11. The number of rotatable bonds is 4. The van der Waals surface area contributed by atoms with Crippen molar-refractivity contribution in [3.8, 4) is 34.3 Å². The Balaban J connectivity index is 1.82. The number of fused-ring (bicyclic) bond motifs is 1. The van der Waals surface area contributed by atoms with Gasteiger partial charge in [-0.05, 0) is 31.2 Å². The van der Waals surface area contributed by atoms with Gasteiger partial charge >= 0.3 is 5.97 Å². The molecule has 11 heteroatoms. The average Bonchev–Trinajstić information content (AvgIpc) is 2.76. The van der Waals surface area contributed by atoms with Crippen molar-refractivity contribution in [3.63, 3.8) is 0 Å². The van der Waals surface area contributed by atoms with E-state index in [1.165, 1.54) is 31.2 Å². The van der Waals surface area contributed by atoms with Gasteiger partial charge in [0.2, 0.25) is 17.5 Å². The summed E-state index contributed by atoms with van der Waals surface area (Å²) in [6.45, 7) is 2.63. The number of esters is 1. The number of hydrogen-bond donors (Lipinski definition) is 5. The van der Waals surface area contributed by atoms with Gasteiger partial charge in [-0.15, -0.1) is 0 Å². The molecule has 5 N–H and O–H groups in total. The fourth-order valence-corrected chi connectivity index (χ4v) is 3.75. The summed E-state index contributed by atoms with van der Waals surface area (Å²) in [6.07, 6.45) is -6.98. The Hall–Kier alpha value is -3.80. The van der Waals surface area contributed by atoms with Crippen molar-refractivity contribution in [2.24, 2.45) is 0 Å². The SMILES string of the molecule is CC(=O)OC1[C@H](C)OC(Oc2c(-c3ccc(O)cc3)oc3cc(O)cc(O)c3c2=O)[C@H](O)[C@@H]1O. The standard InChI is InChI=1S/C23H22O11/c1-9-20(32-10(2)24)18(29)19(30)23(31-9)34-22-17(28)16-14(27)7-13(26)8-15(16)33-21(22)11-3-5-12(25)6-4-11/h3-9,18-20,23,25-27,29-30H,1-2H3/t9-,18-,19+,20?,23?/m0/s1. The zero-order chi connectivity index (χ0) is 24.7. The minimum absolute atomic E-state index is 0.0517. The van der Waals surface area contributed by atoms with Gasteiger partial charge in [-0.1, -0.05) is 0 Å². The maximum absolute atomic E-state index is 13.3. The van der Waals surface area contributed by atoms with Crippen molar-refractivity contribution >= 4 is 16.9 Å². The van der Waals surface area contributed by atoms with E-state index in [-0.39, 0.29) is 33.8 Å². The molecule has 2 heterocycles. The summed E-state index contributed by atoms with van der Waals surface area (Å²) in [5.41, 5.74) is -0.709. The summed E-state index contributed by atoms with van der Waals surface area (Å²) in [4.78, 5) is 24.6. The molecule has 2 aromatic carbocycles. The monoisotopic (exact) mass is 474 g/mol. The fraction of sp³-hybridized carbons (Fsp3) is 0.304. The summed E-state index contributed by atoms with van der Waals surface area (Å²) in [5.74, 6) is -2.27. The number of benzene rings is 2. The first-order valence-electron chi connectivity index (χ1n) is 10.2. The molecule has 1 aliphatic rings. The average molecular weight is 474 g/mol. The van der Waals surface area contributed by atoms with Crippen LogP contribution in [-0.2, 0) is 14.3 Å².